The first-order valence-corrected chi connectivity index (χ1v) is 7.13. The smallest absolute Gasteiger partial charge is 0.0336 e. The second kappa shape index (κ2) is 6.61. The van der Waals surface area contributed by atoms with Gasteiger partial charge in [0.25, 0.3) is 0 Å². The van der Waals surface area contributed by atoms with Crippen molar-refractivity contribution in [1.82, 2.24) is 4.90 Å². The lowest BCUT2D eigenvalue weighted by Gasteiger charge is -2.53. The third-order valence-corrected chi connectivity index (χ3v) is 4.07. The summed E-state index contributed by atoms with van der Waals surface area (Å²) in [5.41, 5.74) is 6.40. The maximum atomic E-state index is 6.03. The van der Waals surface area contributed by atoms with Crippen molar-refractivity contribution >= 4 is 0 Å². The normalized spacial score (nSPS) is 29.4. The molecule has 0 saturated heterocycles. The Hall–Kier alpha value is -0.0800. The number of unbranched alkanes of at least 4 members (excludes halogenated alkanes) is 2. The largest absolute Gasteiger partial charge is 0.329 e. The van der Waals surface area contributed by atoms with Crippen molar-refractivity contribution in [2.24, 2.45) is 11.7 Å². The molecule has 0 amide bonds. The van der Waals surface area contributed by atoms with Crippen LogP contribution in [0.3, 0.4) is 0 Å². The highest BCUT2D eigenvalue weighted by Gasteiger charge is 2.44. The molecule has 0 radical (unpaired) electrons. The van der Waals surface area contributed by atoms with Crippen LogP contribution in [0, 0.1) is 5.92 Å². The van der Waals surface area contributed by atoms with Crippen molar-refractivity contribution in [3.8, 4) is 0 Å². The van der Waals surface area contributed by atoms with E-state index in [1.54, 1.807) is 0 Å². The molecule has 2 nitrogen and oxygen atoms in total. The van der Waals surface area contributed by atoms with Gasteiger partial charge in [-0.25, -0.2) is 0 Å². The summed E-state index contributed by atoms with van der Waals surface area (Å²) in [6, 6.07) is 0. The molecular weight excluding hydrogens is 196 g/mol. The van der Waals surface area contributed by atoms with Gasteiger partial charge >= 0.3 is 0 Å². The molecule has 0 aromatic rings. The molecule has 1 aliphatic carbocycles. The molecule has 0 heterocycles. The average molecular weight is 226 g/mol. The van der Waals surface area contributed by atoms with Crippen LogP contribution in [0.2, 0.25) is 0 Å². The number of nitrogens with two attached hydrogens (primary N) is 1. The third-order valence-electron chi connectivity index (χ3n) is 4.07. The first-order chi connectivity index (χ1) is 7.68. The Morgan fingerprint density at radius 2 is 1.62 bits per heavy atom. The first-order valence-electron chi connectivity index (χ1n) is 7.13. The highest BCUT2D eigenvalue weighted by Crippen LogP contribution is 2.41. The second-order valence-corrected chi connectivity index (χ2v) is 5.64. The topological polar surface area (TPSA) is 29.3 Å². The average Bonchev–Trinajstić information content (AvgIpc) is 2.25. The van der Waals surface area contributed by atoms with Crippen LogP contribution in [0.1, 0.15) is 59.3 Å². The number of hydrogen-bond donors (Lipinski definition) is 1. The van der Waals surface area contributed by atoms with E-state index >= 15 is 0 Å². The molecule has 16 heavy (non-hydrogen) atoms. The molecule has 0 spiro atoms. The van der Waals surface area contributed by atoms with Gasteiger partial charge in [0.2, 0.25) is 0 Å². The Morgan fingerprint density at radius 3 is 1.94 bits per heavy atom. The molecule has 1 rings (SSSR count). The van der Waals surface area contributed by atoms with Crippen LogP contribution in [0.5, 0.6) is 0 Å². The van der Waals surface area contributed by atoms with E-state index in [4.69, 9.17) is 5.73 Å². The predicted molar refractivity (Wildman–Crippen MR) is 71.6 cm³/mol. The molecule has 0 atom stereocenters. The fourth-order valence-electron chi connectivity index (χ4n) is 3.08. The highest BCUT2D eigenvalue weighted by molar-refractivity contribution is 5.02. The number of rotatable bonds is 8. The van der Waals surface area contributed by atoms with Crippen molar-refractivity contribution in [3.63, 3.8) is 0 Å². The summed E-state index contributed by atoms with van der Waals surface area (Å²) in [5.74, 6) is 0.884. The molecule has 0 aliphatic heterocycles. The van der Waals surface area contributed by atoms with Gasteiger partial charge in [-0.15, -0.1) is 0 Å². The molecule has 2 heteroatoms. The lowest BCUT2D eigenvalue weighted by Crippen LogP contribution is -2.61. The van der Waals surface area contributed by atoms with E-state index in [1.807, 2.05) is 0 Å². The molecule has 2 N–H and O–H groups in total. The van der Waals surface area contributed by atoms with Crippen molar-refractivity contribution < 1.29 is 0 Å². The molecule has 96 valence electrons. The Morgan fingerprint density at radius 1 is 1.12 bits per heavy atom. The fraction of sp³-hybridized carbons (Fsp3) is 1.00. The minimum atomic E-state index is 0.365. The van der Waals surface area contributed by atoms with Gasteiger partial charge in [-0.2, -0.15) is 0 Å². The minimum Gasteiger partial charge on any atom is -0.329 e. The molecular formula is C14H30N2. The summed E-state index contributed by atoms with van der Waals surface area (Å²) in [5, 5.41) is 0. The van der Waals surface area contributed by atoms with Crippen LogP contribution in [0.25, 0.3) is 0 Å². The van der Waals surface area contributed by atoms with E-state index in [-0.39, 0.29) is 0 Å². The molecule has 0 aromatic heterocycles. The summed E-state index contributed by atoms with van der Waals surface area (Å²) in [6.45, 7) is 10.3. The van der Waals surface area contributed by atoms with Crippen LogP contribution < -0.4 is 5.73 Å². The van der Waals surface area contributed by atoms with Crippen LogP contribution in [-0.2, 0) is 0 Å². The van der Waals surface area contributed by atoms with Crippen molar-refractivity contribution in [3.05, 3.63) is 0 Å². The zero-order valence-corrected chi connectivity index (χ0v) is 11.5. The number of nitrogens with zero attached hydrogens (tertiary/aromatic N) is 1. The van der Waals surface area contributed by atoms with E-state index in [0.717, 1.165) is 12.5 Å². The van der Waals surface area contributed by atoms with Gasteiger partial charge in [-0.1, -0.05) is 33.6 Å². The molecule has 1 aliphatic rings. The standard InChI is InChI=1S/C14H30N2/c1-4-6-8-16(9-7-5-2)14(12-15)10-13(3)11-14/h13H,4-12,15H2,1-3H3. The minimum absolute atomic E-state index is 0.365. The van der Waals surface area contributed by atoms with Crippen molar-refractivity contribution in [1.29, 1.82) is 0 Å². The Labute approximate surface area is 102 Å². The zero-order valence-electron chi connectivity index (χ0n) is 11.5. The monoisotopic (exact) mass is 226 g/mol. The molecule has 0 aromatic carbocycles. The lowest BCUT2D eigenvalue weighted by molar-refractivity contribution is -0.0144. The molecule has 0 unspecified atom stereocenters. The van der Waals surface area contributed by atoms with Gasteiger partial charge in [0.15, 0.2) is 0 Å². The second-order valence-electron chi connectivity index (χ2n) is 5.64. The van der Waals surface area contributed by atoms with E-state index in [2.05, 4.69) is 25.7 Å². The highest BCUT2D eigenvalue weighted by atomic mass is 15.2. The van der Waals surface area contributed by atoms with Gasteiger partial charge in [-0.05, 0) is 44.7 Å². The van der Waals surface area contributed by atoms with Crippen LogP contribution in [-0.4, -0.2) is 30.1 Å². The Bertz CT molecular complexity index is 177. The summed E-state index contributed by atoms with van der Waals surface area (Å²) in [6.07, 6.45) is 7.85. The third kappa shape index (κ3) is 3.21. The van der Waals surface area contributed by atoms with Gasteiger partial charge in [0.05, 0.1) is 0 Å². The van der Waals surface area contributed by atoms with E-state index in [9.17, 15) is 0 Å². The first kappa shape index (κ1) is 14.0. The molecule has 0 bridgehead atoms. The summed E-state index contributed by atoms with van der Waals surface area (Å²) in [4.78, 5) is 2.69. The molecule has 1 fully saturated rings. The zero-order chi connectivity index (χ0) is 12.0. The van der Waals surface area contributed by atoms with Gasteiger partial charge in [-0.3, -0.25) is 4.90 Å². The van der Waals surface area contributed by atoms with E-state index in [1.165, 1.54) is 51.6 Å². The van der Waals surface area contributed by atoms with Crippen LogP contribution in [0.15, 0.2) is 0 Å². The van der Waals surface area contributed by atoms with E-state index in [0.29, 0.717) is 5.54 Å². The fourth-order valence-corrected chi connectivity index (χ4v) is 3.08. The summed E-state index contributed by atoms with van der Waals surface area (Å²) < 4.78 is 0. The predicted octanol–water partition coefficient (Wildman–Crippen LogP) is 3.02. The number of hydrogen-bond acceptors (Lipinski definition) is 2. The summed E-state index contributed by atoms with van der Waals surface area (Å²) >= 11 is 0. The Kier molecular flexibility index (Phi) is 5.77. The van der Waals surface area contributed by atoms with E-state index < -0.39 is 0 Å². The van der Waals surface area contributed by atoms with Crippen LogP contribution >= 0.6 is 0 Å². The maximum Gasteiger partial charge on any atom is 0.0336 e. The van der Waals surface area contributed by atoms with Crippen LogP contribution in [0.4, 0.5) is 0 Å². The quantitative estimate of drug-likeness (QED) is 0.689. The van der Waals surface area contributed by atoms with Gasteiger partial charge < -0.3 is 5.73 Å². The Balaban J connectivity index is 2.51. The SMILES string of the molecule is CCCCN(CCCC)C1(CN)CC(C)C1. The summed E-state index contributed by atoms with van der Waals surface area (Å²) in [7, 11) is 0. The maximum absolute atomic E-state index is 6.03. The van der Waals surface area contributed by atoms with Crippen molar-refractivity contribution in [2.45, 2.75) is 64.8 Å². The van der Waals surface area contributed by atoms with Gasteiger partial charge in [0, 0.05) is 12.1 Å². The van der Waals surface area contributed by atoms with Gasteiger partial charge in [0.1, 0.15) is 0 Å². The lowest BCUT2D eigenvalue weighted by atomic mass is 9.68. The van der Waals surface area contributed by atoms with Crippen molar-refractivity contribution in [2.75, 3.05) is 19.6 Å². The molecule has 1 saturated carbocycles.